The van der Waals surface area contributed by atoms with Gasteiger partial charge in [0.05, 0.1) is 0 Å². The number of benzene rings is 7. The zero-order valence-electron chi connectivity index (χ0n) is 33.3. The van der Waals surface area contributed by atoms with Crippen LogP contribution in [0.1, 0.15) is 0 Å². The average molecular weight is 732 g/mol. The largest absolute Gasteiger partial charge is 0.456 e. The van der Waals surface area contributed by atoms with Gasteiger partial charge >= 0.3 is 0 Å². The third-order valence-electron chi connectivity index (χ3n) is 12.1. The molecule has 8 aromatic rings. The molecule has 48 radical (unpaired) electrons. The van der Waals surface area contributed by atoms with Gasteiger partial charge in [-0.1, -0.05) is 71.0 Å². The van der Waals surface area contributed by atoms with Crippen LogP contribution in [0.15, 0.2) is 4.42 Å². The highest BCUT2D eigenvalue weighted by Crippen LogP contribution is 2.40. The van der Waals surface area contributed by atoms with Gasteiger partial charge in [-0.25, -0.2) is 0 Å². The quantitative estimate of drug-likeness (QED) is 0.130. The van der Waals surface area contributed by atoms with Gasteiger partial charge in [-0.05, 0) is 49.4 Å². The minimum atomic E-state index is -0.232. The molecule has 0 aliphatic carbocycles. The van der Waals surface area contributed by atoms with Crippen molar-refractivity contribution >= 4 is 363 Å². The summed E-state index contributed by atoms with van der Waals surface area (Å²) in [5.41, 5.74) is -3.83. The van der Waals surface area contributed by atoms with Gasteiger partial charge in [-0.2, -0.15) is 0 Å². The van der Waals surface area contributed by atoms with Crippen LogP contribution in [0.4, 0.5) is 0 Å². The summed E-state index contributed by atoms with van der Waals surface area (Å²) >= 11 is 0. The molecule has 7 aromatic carbocycles. The first kappa shape index (κ1) is 46.0. The number of hydrogen-bond donors (Lipinski definition) is 0. The first-order valence-electron chi connectivity index (χ1n) is 18.3. The van der Waals surface area contributed by atoms with Crippen molar-refractivity contribution in [2.45, 2.75) is 0 Å². The number of rotatable bonds is 3. The van der Waals surface area contributed by atoms with E-state index in [4.69, 9.17) is 193 Å². The Balaban J connectivity index is 1.79. The summed E-state index contributed by atoms with van der Waals surface area (Å²) in [5, 5.41) is 0.262. The lowest BCUT2D eigenvalue weighted by molar-refractivity contribution is 0.673. The molecule has 25 heteroatoms. The van der Waals surface area contributed by atoms with E-state index in [1.807, 2.05) is 0 Å². The molecule has 0 unspecified atom stereocenters. The fraction of sp³-hybridized carbons (Fsp3) is 0. The lowest BCUT2D eigenvalue weighted by Gasteiger charge is -2.33. The van der Waals surface area contributed by atoms with Crippen LogP contribution in [0.5, 0.6) is 0 Å². The van der Waals surface area contributed by atoms with Crippen LogP contribution in [0.3, 0.4) is 0 Å². The third-order valence-corrected chi connectivity index (χ3v) is 12.1. The fourth-order valence-corrected chi connectivity index (χ4v) is 8.58. The van der Waals surface area contributed by atoms with Gasteiger partial charge in [0.15, 0.2) is 0 Å². The Labute approximate surface area is 398 Å². The molecule has 63 heavy (non-hydrogen) atoms. The topological polar surface area (TPSA) is 13.1 Å². The fourth-order valence-electron chi connectivity index (χ4n) is 8.58. The van der Waals surface area contributed by atoms with Crippen molar-refractivity contribution in [1.82, 2.24) is 0 Å². The van der Waals surface area contributed by atoms with Gasteiger partial charge in [0, 0.05) is 16.3 Å². The summed E-state index contributed by atoms with van der Waals surface area (Å²) in [6.45, 7) is 0. The summed E-state index contributed by atoms with van der Waals surface area (Å²) in [6, 6.07) is 0. The van der Waals surface area contributed by atoms with Gasteiger partial charge in [-0.3, -0.25) is 0 Å². The zero-order valence-corrected chi connectivity index (χ0v) is 33.3. The minimum absolute atomic E-state index is 0.00318. The monoisotopic (exact) mass is 736 g/mol. The molecule has 1 aromatic heterocycles. The lowest BCUT2D eigenvalue weighted by Crippen LogP contribution is -2.56. The highest BCUT2D eigenvalue weighted by molar-refractivity contribution is 6.76. The van der Waals surface area contributed by atoms with E-state index < -0.39 is 0 Å². The zero-order chi connectivity index (χ0) is 46.6. The Kier molecular flexibility index (Phi) is 11.3. The van der Waals surface area contributed by atoms with Crippen LogP contribution < -0.4 is 131 Å². The third kappa shape index (κ3) is 5.97. The molecule has 0 N–H and O–H groups in total. The van der Waals surface area contributed by atoms with Crippen LogP contribution in [-0.2, 0) is 0 Å². The van der Waals surface area contributed by atoms with Crippen LogP contribution in [0.2, 0.25) is 0 Å². The maximum absolute atomic E-state index is 7.45. The van der Waals surface area contributed by atoms with E-state index in [-0.39, 0.29) is 208 Å². The molecule has 0 spiro atoms. The molecular formula is C38B24O. The maximum Gasteiger partial charge on any atom is 0.141 e. The standard InChI is InChI=1S/C38B24O/c39-13-3-1(7-18(44)28(54)33(59)29(55)19(7)45)5-6(16(42)27(53)26(52)15(5)41)2(8-20(46)30(56)34(60)31(57)21(8)47)4(3)14(40)17(43)9(13)10-22(48)25(51)23(49)11-12-24(50)32(58)35(61)36(62)38(12)63-37(10)11. The molecule has 0 aliphatic rings. The summed E-state index contributed by atoms with van der Waals surface area (Å²) in [4.78, 5) is 0. The first-order valence-corrected chi connectivity index (χ1v) is 18.3. The number of furan rings is 1. The van der Waals surface area contributed by atoms with Crippen molar-refractivity contribution in [3.05, 3.63) is 0 Å². The Bertz CT molecular complexity index is 3440. The maximum atomic E-state index is 7.45. The van der Waals surface area contributed by atoms with E-state index in [1.165, 1.54) is 0 Å². The van der Waals surface area contributed by atoms with Crippen molar-refractivity contribution in [2.24, 2.45) is 0 Å². The van der Waals surface area contributed by atoms with Gasteiger partial charge in [-0.15, -0.1) is 60.1 Å². The van der Waals surface area contributed by atoms with Crippen molar-refractivity contribution < 1.29 is 4.42 Å². The Morgan fingerprint density at radius 3 is 0.730 bits per heavy atom. The second-order valence-corrected chi connectivity index (χ2v) is 15.2. The van der Waals surface area contributed by atoms with Crippen LogP contribution in [-0.4, -0.2) is 188 Å². The SMILES string of the molecule is [B]c1c([B])c([B])c(-c2c3c([B])c([B])c([B])c([B])c3c(-c3c([B])c([B])c([B])c([B])c3[B])c3c([B])c(-c4c([B])c([B])c([B])c5c4oc4c([B])c([B])c([B])c([B])c45)c([B])c([B])c23)c([B])c1[B]. The summed E-state index contributed by atoms with van der Waals surface area (Å²) < 4.78 is 6.42. The van der Waals surface area contributed by atoms with Gasteiger partial charge < -0.3 is 4.42 Å². The molecule has 1 heterocycles. The molecule has 0 atom stereocenters. The molecule has 0 amide bonds. The summed E-state index contributed by atoms with van der Waals surface area (Å²) in [7, 11) is 160. The van der Waals surface area contributed by atoms with E-state index in [1.54, 1.807) is 0 Å². The lowest BCUT2D eigenvalue weighted by atomic mass is 9.55. The summed E-state index contributed by atoms with van der Waals surface area (Å²) in [5.74, 6) is 0. The number of fused-ring (bicyclic) bond motifs is 5. The van der Waals surface area contributed by atoms with Gasteiger partial charge in [0.2, 0.25) is 0 Å². The number of hydrogen-bond acceptors (Lipinski definition) is 1. The highest BCUT2D eigenvalue weighted by atomic mass is 16.3. The second-order valence-electron chi connectivity index (χ2n) is 15.2. The average Bonchev–Trinajstić information content (AvgIpc) is 3.66. The molecule has 1 nitrogen and oxygen atoms in total. The molecule has 0 saturated carbocycles. The van der Waals surface area contributed by atoms with Gasteiger partial charge in [0.1, 0.15) is 199 Å². The van der Waals surface area contributed by atoms with Crippen LogP contribution >= 0.6 is 0 Å². The van der Waals surface area contributed by atoms with Crippen molar-refractivity contribution in [2.75, 3.05) is 0 Å². The molecule has 0 aliphatic heterocycles. The smallest absolute Gasteiger partial charge is 0.141 e. The van der Waals surface area contributed by atoms with E-state index in [2.05, 4.69) is 0 Å². The minimum Gasteiger partial charge on any atom is -0.456 e. The predicted octanol–water partition coefficient (Wildman–Crippen LogP) is -18.1. The van der Waals surface area contributed by atoms with E-state index in [9.17, 15) is 0 Å². The Morgan fingerprint density at radius 2 is 0.349 bits per heavy atom. The van der Waals surface area contributed by atoms with Crippen molar-refractivity contribution in [1.29, 1.82) is 0 Å². The van der Waals surface area contributed by atoms with Crippen LogP contribution in [0.25, 0.3) is 76.9 Å². The molecule has 0 bridgehead atoms. The van der Waals surface area contributed by atoms with Crippen LogP contribution in [0, 0.1) is 0 Å². The van der Waals surface area contributed by atoms with Crippen molar-refractivity contribution in [3.8, 4) is 33.4 Å². The highest BCUT2D eigenvalue weighted by Gasteiger charge is 2.31. The van der Waals surface area contributed by atoms with Gasteiger partial charge in [0.25, 0.3) is 0 Å². The normalized spacial score (nSPS) is 11.7. The second kappa shape index (κ2) is 15.5. The van der Waals surface area contributed by atoms with Crippen molar-refractivity contribution in [3.63, 3.8) is 0 Å². The Morgan fingerprint density at radius 1 is 0.143 bits per heavy atom. The predicted molar refractivity (Wildman–Crippen MR) is 294 cm³/mol. The van der Waals surface area contributed by atoms with E-state index >= 15 is 0 Å². The molecule has 230 valence electrons. The molecule has 0 fully saturated rings. The van der Waals surface area contributed by atoms with E-state index in [0.29, 0.717) is 0 Å². The first-order chi connectivity index (χ1) is 29.3. The molecular weight excluding hydrogens is 732 g/mol. The molecule has 8 rings (SSSR count). The molecule has 0 saturated heterocycles. The summed E-state index contributed by atoms with van der Waals surface area (Å²) in [6.07, 6.45) is 0. The Hall–Kier alpha value is -3.58. The van der Waals surface area contributed by atoms with E-state index in [0.717, 1.165) is 0 Å².